The molecule has 7 heteroatoms. The standard InChI is InChI=1S/C17H17N3O4/c1-24-15(21)6-7-19-16(22)14-8-11-10-4-2-3-5-12(10)18-13(11)9-20(14)17(19)23/h2-5,14,18H,6-9H2,1H3. The molecule has 1 N–H and O–H groups in total. The molecule has 1 saturated heterocycles. The van der Waals surface area contributed by atoms with Gasteiger partial charge in [0.05, 0.1) is 20.1 Å². The number of imide groups is 1. The Morgan fingerprint density at radius 1 is 1.33 bits per heavy atom. The number of benzene rings is 1. The lowest BCUT2D eigenvalue weighted by molar-refractivity contribution is -0.141. The number of fused-ring (bicyclic) bond motifs is 4. The molecule has 3 amide bonds. The number of H-pyrrole nitrogens is 1. The number of para-hydroxylation sites is 1. The number of carbonyl (C=O) groups excluding carboxylic acids is 3. The molecule has 2 aliphatic rings. The highest BCUT2D eigenvalue weighted by atomic mass is 16.5. The van der Waals surface area contributed by atoms with E-state index in [1.165, 1.54) is 7.11 Å². The van der Waals surface area contributed by atoms with Gasteiger partial charge in [-0.2, -0.15) is 0 Å². The maximum absolute atomic E-state index is 12.6. The second-order valence-corrected chi connectivity index (χ2v) is 6.07. The number of amides is 3. The predicted molar refractivity (Wildman–Crippen MR) is 85.1 cm³/mol. The first-order valence-electron chi connectivity index (χ1n) is 7.87. The van der Waals surface area contributed by atoms with Crippen LogP contribution in [0.25, 0.3) is 10.9 Å². The number of urea groups is 1. The van der Waals surface area contributed by atoms with E-state index in [0.717, 1.165) is 27.1 Å². The molecule has 3 heterocycles. The van der Waals surface area contributed by atoms with Gasteiger partial charge in [-0.25, -0.2) is 4.79 Å². The molecule has 1 aromatic carbocycles. The first-order chi connectivity index (χ1) is 11.6. The molecule has 1 atom stereocenters. The van der Waals surface area contributed by atoms with Gasteiger partial charge in [0.25, 0.3) is 5.91 Å². The van der Waals surface area contributed by atoms with Gasteiger partial charge in [0.2, 0.25) is 0 Å². The third-order valence-corrected chi connectivity index (χ3v) is 4.80. The number of hydrogen-bond donors (Lipinski definition) is 1. The zero-order chi connectivity index (χ0) is 16.8. The van der Waals surface area contributed by atoms with Crippen LogP contribution in [-0.4, -0.2) is 52.4 Å². The van der Waals surface area contributed by atoms with E-state index in [0.29, 0.717) is 13.0 Å². The molecule has 0 bridgehead atoms. The summed E-state index contributed by atoms with van der Waals surface area (Å²) in [7, 11) is 1.29. The van der Waals surface area contributed by atoms with Gasteiger partial charge >= 0.3 is 12.0 Å². The molecule has 124 valence electrons. The minimum absolute atomic E-state index is 0.0166. The maximum atomic E-state index is 12.6. The number of methoxy groups -OCH3 is 1. The van der Waals surface area contributed by atoms with Crippen LogP contribution in [0.1, 0.15) is 17.7 Å². The van der Waals surface area contributed by atoms with Gasteiger partial charge in [0.1, 0.15) is 6.04 Å². The lowest BCUT2D eigenvalue weighted by Crippen LogP contribution is -2.39. The molecule has 0 saturated carbocycles. The average molecular weight is 327 g/mol. The Morgan fingerprint density at radius 3 is 2.92 bits per heavy atom. The number of rotatable bonds is 3. The lowest BCUT2D eigenvalue weighted by Gasteiger charge is -2.26. The van der Waals surface area contributed by atoms with E-state index in [4.69, 9.17) is 0 Å². The zero-order valence-corrected chi connectivity index (χ0v) is 13.2. The molecule has 0 aliphatic carbocycles. The molecule has 0 radical (unpaired) electrons. The summed E-state index contributed by atoms with van der Waals surface area (Å²) in [6, 6.07) is 7.12. The van der Waals surface area contributed by atoms with Crippen molar-refractivity contribution >= 4 is 28.8 Å². The highest BCUT2D eigenvalue weighted by Gasteiger charge is 2.47. The summed E-state index contributed by atoms with van der Waals surface area (Å²) in [4.78, 5) is 42.5. The second kappa shape index (κ2) is 5.36. The third kappa shape index (κ3) is 2.08. The molecule has 2 aromatic rings. The molecular weight excluding hydrogens is 310 g/mol. The Kier molecular flexibility index (Phi) is 3.30. The van der Waals surface area contributed by atoms with Crippen LogP contribution >= 0.6 is 0 Å². The number of nitrogens with zero attached hydrogens (tertiary/aromatic N) is 2. The van der Waals surface area contributed by atoms with E-state index in [-0.39, 0.29) is 24.9 Å². The van der Waals surface area contributed by atoms with Crippen molar-refractivity contribution in [2.24, 2.45) is 0 Å². The van der Waals surface area contributed by atoms with Crippen molar-refractivity contribution in [1.82, 2.24) is 14.8 Å². The van der Waals surface area contributed by atoms with Gasteiger partial charge in [0, 0.05) is 29.6 Å². The van der Waals surface area contributed by atoms with Gasteiger partial charge in [-0.05, 0) is 11.6 Å². The number of carbonyl (C=O) groups is 3. The Bertz CT molecular complexity index is 857. The highest BCUT2D eigenvalue weighted by molar-refractivity contribution is 6.05. The van der Waals surface area contributed by atoms with E-state index >= 15 is 0 Å². The lowest BCUT2D eigenvalue weighted by atomic mass is 9.97. The van der Waals surface area contributed by atoms with Crippen LogP contribution in [0, 0.1) is 0 Å². The van der Waals surface area contributed by atoms with E-state index in [2.05, 4.69) is 9.72 Å². The summed E-state index contributed by atoms with van der Waals surface area (Å²) in [6.45, 7) is 0.444. The summed E-state index contributed by atoms with van der Waals surface area (Å²) in [6.07, 6.45) is 0.515. The number of nitrogens with one attached hydrogen (secondary N) is 1. The van der Waals surface area contributed by atoms with Crippen molar-refractivity contribution in [3.63, 3.8) is 0 Å². The fourth-order valence-electron chi connectivity index (χ4n) is 3.57. The van der Waals surface area contributed by atoms with Crippen LogP contribution in [-0.2, 0) is 27.3 Å². The van der Waals surface area contributed by atoms with E-state index in [1.54, 1.807) is 4.90 Å². The van der Waals surface area contributed by atoms with Gasteiger partial charge in [-0.15, -0.1) is 0 Å². The van der Waals surface area contributed by atoms with Crippen LogP contribution in [0.2, 0.25) is 0 Å². The molecule has 1 unspecified atom stereocenters. The van der Waals surface area contributed by atoms with E-state index in [9.17, 15) is 14.4 Å². The minimum Gasteiger partial charge on any atom is -0.469 e. The van der Waals surface area contributed by atoms with Crippen molar-refractivity contribution < 1.29 is 19.1 Å². The second-order valence-electron chi connectivity index (χ2n) is 6.07. The smallest absolute Gasteiger partial charge is 0.327 e. The maximum Gasteiger partial charge on any atom is 0.327 e. The number of ether oxygens (including phenoxy) is 1. The highest BCUT2D eigenvalue weighted by Crippen LogP contribution is 2.34. The Labute approximate surface area is 138 Å². The molecular formula is C17H17N3O4. The van der Waals surface area contributed by atoms with Crippen LogP contribution in [0.15, 0.2) is 24.3 Å². The normalized spacial score (nSPS) is 19.6. The number of esters is 1. The summed E-state index contributed by atoms with van der Waals surface area (Å²) >= 11 is 0. The molecule has 4 rings (SSSR count). The molecule has 1 aromatic heterocycles. The Morgan fingerprint density at radius 2 is 2.12 bits per heavy atom. The van der Waals surface area contributed by atoms with Crippen molar-refractivity contribution in [2.75, 3.05) is 13.7 Å². The van der Waals surface area contributed by atoms with E-state index < -0.39 is 12.0 Å². The molecule has 1 fully saturated rings. The Hall–Kier alpha value is -2.83. The average Bonchev–Trinajstić information content (AvgIpc) is 3.07. The molecule has 0 spiro atoms. The first kappa shape index (κ1) is 14.7. The fraction of sp³-hybridized carbons (Fsp3) is 0.353. The number of aromatic amines is 1. The largest absolute Gasteiger partial charge is 0.469 e. The minimum atomic E-state index is -0.484. The zero-order valence-electron chi connectivity index (χ0n) is 13.2. The van der Waals surface area contributed by atoms with E-state index in [1.807, 2.05) is 24.3 Å². The van der Waals surface area contributed by atoms with Gasteiger partial charge in [-0.3, -0.25) is 14.5 Å². The van der Waals surface area contributed by atoms with Crippen molar-refractivity contribution in [3.8, 4) is 0 Å². The van der Waals surface area contributed by atoms with Gasteiger partial charge in [0.15, 0.2) is 0 Å². The van der Waals surface area contributed by atoms with Crippen molar-refractivity contribution in [2.45, 2.75) is 25.4 Å². The van der Waals surface area contributed by atoms with Crippen LogP contribution in [0.3, 0.4) is 0 Å². The number of hydrogen-bond acceptors (Lipinski definition) is 4. The van der Waals surface area contributed by atoms with Crippen LogP contribution in [0.4, 0.5) is 4.79 Å². The Balaban J connectivity index is 1.61. The number of aromatic nitrogens is 1. The van der Waals surface area contributed by atoms with Crippen molar-refractivity contribution in [3.05, 3.63) is 35.5 Å². The molecule has 7 nitrogen and oxygen atoms in total. The summed E-state index contributed by atoms with van der Waals surface area (Å²) in [5.74, 6) is -0.670. The molecule has 24 heavy (non-hydrogen) atoms. The quantitative estimate of drug-likeness (QED) is 0.683. The summed E-state index contributed by atoms with van der Waals surface area (Å²) < 4.78 is 4.58. The SMILES string of the molecule is COC(=O)CCN1C(=O)C2Cc3c([nH]c4ccccc34)CN2C1=O. The first-order valence-corrected chi connectivity index (χ1v) is 7.87. The summed E-state index contributed by atoms with van der Waals surface area (Å²) in [5, 5.41) is 1.10. The predicted octanol–water partition coefficient (Wildman–Crippen LogP) is 1.42. The third-order valence-electron chi connectivity index (χ3n) is 4.80. The van der Waals surface area contributed by atoms with Crippen molar-refractivity contribution in [1.29, 1.82) is 0 Å². The molecule has 2 aliphatic heterocycles. The van der Waals surface area contributed by atoms with Gasteiger partial charge in [-0.1, -0.05) is 18.2 Å². The fourth-order valence-corrected chi connectivity index (χ4v) is 3.57. The monoisotopic (exact) mass is 327 g/mol. The summed E-state index contributed by atoms with van der Waals surface area (Å²) in [5.41, 5.74) is 3.09. The van der Waals surface area contributed by atoms with Crippen LogP contribution in [0.5, 0.6) is 0 Å². The van der Waals surface area contributed by atoms with Gasteiger partial charge < -0.3 is 14.6 Å². The van der Waals surface area contributed by atoms with Crippen LogP contribution < -0.4 is 0 Å². The topological polar surface area (TPSA) is 82.7 Å².